The van der Waals surface area contributed by atoms with E-state index in [-0.39, 0.29) is 29.0 Å². The number of ether oxygens (including phenoxy) is 2. The van der Waals surface area contributed by atoms with Crippen molar-refractivity contribution in [2.24, 2.45) is 0 Å². The van der Waals surface area contributed by atoms with Crippen LogP contribution in [-0.2, 0) is 11.0 Å². The predicted octanol–water partition coefficient (Wildman–Crippen LogP) is 5.06. The van der Waals surface area contributed by atoms with Gasteiger partial charge in [0.2, 0.25) is 0 Å². The maximum atomic E-state index is 13.7. The number of fused-ring (bicyclic) bond motifs is 1. The van der Waals surface area contributed by atoms with E-state index in [4.69, 9.17) is 26.2 Å². The van der Waals surface area contributed by atoms with Crippen molar-refractivity contribution in [2.75, 3.05) is 6.61 Å². The number of carboxylic acid groups (broad SMARTS) is 1. The van der Waals surface area contributed by atoms with Gasteiger partial charge in [-0.25, -0.2) is 4.39 Å². The van der Waals surface area contributed by atoms with Crippen LogP contribution in [0.4, 0.5) is 17.6 Å². The molecule has 0 aromatic heterocycles. The Bertz CT molecular complexity index is 974. The van der Waals surface area contributed by atoms with Crippen LogP contribution >= 0.6 is 11.6 Å². The standard InChI is InChI=1S/C19H13ClF4O5/c20-17-12(21)4-3-10-13(25)8-15(29-18(10)17)11-2-1-9(19(22,23)24)7-14(11)28-6-5-16(26)27/h1-4,7,15H,5-6,8H2,(H,26,27). The highest BCUT2D eigenvalue weighted by molar-refractivity contribution is 6.33. The van der Waals surface area contributed by atoms with Crippen LogP contribution in [0.3, 0.4) is 0 Å². The second-order valence-electron chi connectivity index (χ2n) is 6.21. The average molecular weight is 433 g/mol. The quantitative estimate of drug-likeness (QED) is 0.669. The highest BCUT2D eigenvalue weighted by Gasteiger charge is 2.35. The molecule has 0 saturated heterocycles. The number of rotatable bonds is 5. The number of benzene rings is 2. The Morgan fingerprint density at radius 3 is 2.66 bits per heavy atom. The third kappa shape index (κ3) is 4.45. The van der Waals surface area contributed by atoms with Crippen molar-refractivity contribution in [3.8, 4) is 11.5 Å². The minimum atomic E-state index is -4.66. The lowest BCUT2D eigenvalue weighted by Gasteiger charge is -2.28. The Labute approximate surface area is 166 Å². The van der Waals surface area contributed by atoms with E-state index in [1.165, 1.54) is 6.07 Å². The second kappa shape index (κ2) is 7.90. The maximum Gasteiger partial charge on any atom is 0.416 e. The van der Waals surface area contributed by atoms with Gasteiger partial charge < -0.3 is 14.6 Å². The Hall–Kier alpha value is -2.81. The Kier molecular flexibility index (Phi) is 5.70. The number of halogens is 5. The molecule has 1 atom stereocenters. The van der Waals surface area contributed by atoms with Crippen molar-refractivity contribution in [3.05, 3.63) is 57.9 Å². The zero-order valence-electron chi connectivity index (χ0n) is 14.6. The summed E-state index contributed by atoms with van der Waals surface area (Å²) in [5, 5.41) is 8.30. The Morgan fingerprint density at radius 2 is 2.00 bits per heavy atom. The highest BCUT2D eigenvalue weighted by Crippen LogP contribution is 2.43. The van der Waals surface area contributed by atoms with Gasteiger partial charge >= 0.3 is 12.1 Å². The van der Waals surface area contributed by atoms with E-state index in [2.05, 4.69) is 0 Å². The van der Waals surface area contributed by atoms with Gasteiger partial charge in [0.05, 0.1) is 30.6 Å². The lowest BCUT2D eigenvalue weighted by atomic mass is 9.95. The van der Waals surface area contributed by atoms with Crippen molar-refractivity contribution in [3.63, 3.8) is 0 Å². The van der Waals surface area contributed by atoms with Gasteiger partial charge in [0, 0.05) is 5.56 Å². The number of ketones is 1. The summed E-state index contributed by atoms with van der Waals surface area (Å²) >= 11 is 5.88. The third-order valence-corrected chi connectivity index (χ3v) is 4.59. The molecular formula is C19H13ClF4O5. The summed E-state index contributed by atoms with van der Waals surface area (Å²) in [4.78, 5) is 23.1. The maximum absolute atomic E-state index is 13.7. The molecule has 1 aliphatic heterocycles. The van der Waals surface area contributed by atoms with Crippen LogP contribution in [0.2, 0.25) is 5.02 Å². The zero-order chi connectivity index (χ0) is 21.3. The smallest absolute Gasteiger partial charge is 0.416 e. The molecule has 0 fully saturated rings. The van der Waals surface area contributed by atoms with E-state index in [9.17, 15) is 27.2 Å². The molecule has 0 saturated carbocycles. The largest absolute Gasteiger partial charge is 0.493 e. The Morgan fingerprint density at radius 1 is 1.28 bits per heavy atom. The summed E-state index contributed by atoms with van der Waals surface area (Å²) < 4.78 is 63.8. The fraction of sp³-hybridized carbons (Fsp3) is 0.263. The molecule has 29 heavy (non-hydrogen) atoms. The normalized spacial score (nSPS) is 16.2. The summed E-state index contributed by atoms with van der Waals surface area (Å²) in [6.45, 7) is -0.393. The van der Waals surface area contributed by atoms with Crippen LogP contribution in [0.1, 0.15) is 40.4 Å². The molecular weight excluding hydrogens is 420 g/mol. The number of alkyl halides is 3. The fourth-order valence-corrected chi connectivity index (χ4v) is 3.06. The predicted molar refractivity (Wildman–Crippen MR) is 92.9 cm³/mol. The number of hydrogen-bond donors (Lipinski definition) is 1. The SMILES string of the molecule is O=C(O)CCOc1cc(C(F)(F)F)ccc1C1CC(=O)c2ccc(F)c(Cl)c2O1. The monoisotopic (exact) mass is 432 g/mol. The lowest BCUT2D eigenvalue weighted by molar-refractivity contribution is -0.139. The molecule has 2 aromatic carbocycles. The molecule has 5 nitrogen and oxygen atoms in total. The summed E-state index contributed by atoms with van der Waals surface area (Å²) in [7, 11) is 0. The molecule has 3 rings (SSSR count). The molecule has 0 aliphatic carbocycles. The molecule has 1 N–H and O–H groups in total. The van der Waals surface area contributed by atoms with Gasteiger partial charge in [-0.2, -0.15) is 13.2 Å². The van der Waals surface area contributed by atoms with Crippen LogP contribution in [0.15, 0.2) is 30.3 Å². The van der Waals surface area contributed by atoms with Crippen LogP contribution < -0.4 is 9.47 Å². The number of aliphatic carboxylic acids is 1. The van der Waals surface area contributed by atoms with E-state index in [0.717, 1.165) is 18.2 Å². The number of Topliss-reactive ketones (excluding diaryl/α,β-unsaturated/α-hetero) is 1. The average Bonchev–Trinajstić information content (AvgIpc) is 2.63. The molecule has 0 spiro atoms. The summed E-state index contributed by atoms with van der Waals surface area (Å²) in [6, 6.07) is 4.80. The van der Waals surface area contributed by atoms with Crippen molar-refractivity contribution < 1.29 is 41.7 Å². The van der Waals surface area contributed by atoms with Crippen LogP contribution in [-0.4, -0.2) is 23.5 Å². The Balaban J connectivity index is 1.99. The first-order valence-electron chi connectivity index (χ1n) is 8.31. The number of carbonyl (C=O) groups is 2. The van der Waals surface area contributed by atoms with Crippen molar-refractivity contribution in [2.45, 2.75) is 25.1 Å². The van der Waals surface area contributed by atoms with Crippen molar-refractivity contribution >= 4 is 23.4 Å². The van der Waals surface area contributed by atoms with Gasteiger partial charge in [0.1, 0.15) is 22.7 Å². The minimum absolute atomic E-state index is 0.0629. The minimum Gasteiger partial charge on any atom is -0.493 e. The molecule has 0 amide bonds. The lowest BCUT2D eigenvalue weighted by Crippen LogP contribution is -2.22. The second-order valence-corrected chi connectivity index (χ2v) is 6.59. The topological polar surface area (TPSA) is 72.8 Å². The van der Waals surface area contributed by atoms with Crippen molar-refractivity contribution in [1.29, 1.82) is 0 Å². The third-order valence-electron chi connectivity index (χ3n) is 4.24. The van der Waals surface area contributed by atoms with E-state index in [0.29, 0.717) is 6.07 Å². The van der Waals surface area contributed by atoms with Gasteiger partial charge in [0.15, 0.2) is 11.5 Å². The highest BCUT2D eigenvalue weighted by atomic mass is 35.5. The number of carboxylic acids is 1. The molecule has 2 aromatic rings. The van der Waals surface area contributed by atoms with Gasteiger partial charge in [-0.15, -0.1) is 0 Å². The first-order valence-corrected chi connectivity index (χ1v) is 8.69. The number of hydrogen-bond acceptors (Lipinski definition) is 4. The first kappa shape index (κ1) is 20.9. The van der Waals surface area contributed by atoms with Crippen molar-refractivity contribution in [1.82, 2.24) is 0 Å². The summed E-state index contributed by atoms with van der Waals surface area (Å²) in [6.07, 6.45) is -6.43. The number of carbonyl (C=O) groups excluding carboxylic acids is 1. The molecule has 1 unspecified atom stereocenters. The molecule has 154 valence electrons. The zero-order valence-corrected chi connectivity index (χ0v) is 15.3. The molecule has 10 heteroatoms. The fourth-order valence-electron chi connectivity index (χ4n) is 2.85. The molecule has 0 bridgehead atoms. The first-order chi connectivity index (χ1) is 13.6. The van der Waals surface area contributed by atoms with Crippen LogP contribution in [0, 0.1) is 5.82 Å². The van der Waals surface area contributed by atoms with Gasteiger partial charge in [0.25, 0.3) is 0 Å². The van der Waals surface area contributed by atoms with Gasteiger partial charge in [-0.1, -0.05) is 17.7 Å². The molecule has 0 radical (unpaired) electrons. The molecule has 1 aliphatic rings. The van der Waals surface area contributed by atoms with Crippen LogP contribution in [0.5, 0.6) is 11.5 Å². The van der Waals surface area contributed by atoms with E-state index < -0.39 is 53.5 Å². The van der Waals surface area contributed by atoms with E-state index in [1.807, 2.05) is 0 Å². The van der Waals surface area contributed by atoms with Gasteiger partial charge in [-0.05, 0) is 24.3 Å². The summed E-state index contributed by atoms with van der Waals surface area (Å²) in [5.41, 5.74) is -0.867. The molecule has 1 heterocycles. The summed E-state index contributed by atoms with van der Waals surface area (Å²) in [5.74, 6) is -2.93. The van der Waals surface area contributed by atoms with E-state index in [1.54, 1.807) is 0 Å². The van der Waals surface area contributed by atoms with Crippen LogP contribution in [0.25, 0.3) is 0 Å². The van der Waals surface area contributed by atoms with E-state index >= 15 is 0 Å². The van der Waals surface area contributed by atoms with Gasteiger partial charge in [-0.3, -0.25) is 9.59 Å².